The lowest BCUT2D eigenvalue weighted by Gasteiger charge is -2.49. The van der Waals surface area contributed by atoms with Gasteiger partial charge in [0.15, 0.2) is 0 Å². The van der Waals surface area contributed by atoms with Gasteiger partial charge >= 0.3 is 0 Å². The van der Waals surface area contributed by atoms with Crippen LogP contribution in [0.25, 0.3) is 0 Å². The molecule has 2 atom stereocenters. The summed E-state index contributed by atoms with van der Waals surface area (Å²) >= 11 is 0. The van der Waals surface area contributed by atoms with Crippen molar-refractivity contribution in [3.05, 3.63) is 23.3 Å². The van der Waals surface area contributed by atoms with Gasteiger partial charge < -0.3 is 9.47 Å². The molecule has 1 aromatic carbocycles. The summed E-state index contributed by atoms with van der Waals surface area (Å²) in [6.45, 7) is 6.83. The van der Waals surface area contributed by atoms with Gasteiger partial charge in [-0.2, -0.15) is 0 Å². The van der Waals surface area contributed by atoms with E-state index in [1.54, 1.807) is 14.2 Å². The minimum atomic E-state index is 0.716. The maximum absolute atomic E-state index is 5.81. The van der Waals surface area contributed by atoms with E-state index in [4.69, 9.17) is 9.47 Å². The molecule has 0 N–H and O–H groups in total. The lowest BCUT2D eigenvalue weighted by Crippen LogP contribution is -2.59. The van der Waals surface area contributed by atoms with Crippen molar-refractivity contribution in [2.24, 2.45) is 5.92 Å². The van der Waals surface area contributed by atoms with Crippen LogP contribution in [0.3, 0.4) is 0 Å². The van der Waals surface area contributed by atoms with E-state index in [0.717, 1.165) is 35.6 Å². The van der Waals surface area contributed by atoms with Gasteiger partial charge in [0.1, 0.15) is 11.5 Å². The second-order valence-corrected chi connectivity index (χ2v) is 8.69. The van der Waals surface area contributed by atoms with Crippen LogP contribution in [0.4, 0.5) is 0 Å². The molecule has 0 radical (unpaired) electrons. The first kappa shape index (κ1) is 19.1. The van der Waals surface area contributed by atoms with E-state index in [0.29, 0.717) is 6.04 Å². The summed E-state index contributed by atoms with van der Waals surface area (Å²) in [5.41, 5.74) is 2.43. The van der Waals surface area contributed by atoms with Crippen molar-refractivity contribution < 1.29 is 9.47 Å². The summed E-state index contributed by atoms with van der Waals surface area (Å²) in [6.07, 6.45) is 9.89. The minimum Gasteiger partial charge on any atom is -0.496 e. The molecular formula is C23H36N2O2. The first-order valence-electron chi connectivity index (χ1n) is 10.9. The molecule has 2 heterocycles. The van der Waals surface area contributed by atoms with Crippen molar-refractivity contribution in [1.82, 2.24) is 9.80 Å². The number of methoxy groups -OCH3 is 2. The van der Waals surface area contributed by atoms with Crippen molar-refractivity contribution in [2.75, 3.05) is 33.9 Å². The second-order valence-electron chi connectivity index (χ2n) is 8.69. The minimum absolute atomic E-state index is 0.716. The summed E-state index contributed by atoms with van der Waals surface area (Å²) in [7, 11) is 3.53. The Morgan fingerprint density at radius 1 is 0.926 bits per heavy atom. The van der Waals surface area contributed by atoms with Crippen LogP contribution in [-0.4, -0.2) is 55.7 Å². The summed E-state index contributed by atoms with van der Waals surface area (Å²) < 4.78 is 11.3. The molecule has 0 amide bonds. The second kappa shape index (κ2) is 8.40. The summed E-state index contributed by atoms with van der Waals surface area (Å²) in [6, 6.07) is 5.80. The predicted molar refractivity (Wildman–Crippen MR) is 110 cm³/mol. The molecule has 1 aliphatic carbocycles. The fourth-order valence-electron chi connectivity index (χ4n) is 6.02. The van der Waals surface area contributed by atoms with Gasteiger partial charge in [-0.3, -0.25) is 9.80 Å². The van der Waals surface area contributed by atoms with Gasteiger partial charge in [-0.1, -0.05) is 25.3 Å². The summed E-state index contributed by atoms with van der Waals surface area (Å²) in [5, 5.41) is 0. The number of hydrogen-bond acceptors (Lipinski definition) is 4. The van der Waals surface area contributed by atoms with Crippen molar-refractivity contribution in [1.29, 1.82) is 0 Å². The highest BCUT2D eigenvalue weighted by molar-refractivity contribution is 5.49. The van der Waals surface area contributed by atoms with Crippen LogP contribution in [0.15, 0.2) is 12.1 Å². The van der Waals surface area contributed by atoms with Crippen LogP contribution in [0, 0.1) is 12.8 Å². The normalized spacial score (nSPS) is 27.5. The van der Waals surface area contributed by atoms with E-state index in [-0.39, 0.29) is 0 Å². The molecule has 3 aliphatic rings. The quantitative estimate of drug-likeness (QED) is 0.772. The Kier molecular flexibility index (Phi) is 5.93. The number of fused-ring (bicyclic) bond motifs is 1. The zero-order valence-electron chi connectivity index (χ0n) is 17.4. The molecule has 4 nitrogen and oxygen atoms in total. The zero-order chi connectivity index (χ0) is 18.8. The third-order valence-electron chi connectivity index (χ3n) is 7.27. The average molecular weight is 373 g/mol. The van der Waals surface area contributed by atoms with Crippen molar-refractivity contribution in [3.63, 3.8) is 0 Å². The molecule has 4 heteroatoms. The topological polar surface area (TPSA) is 24.9 Å². The van der Waals surface area contributed by atoms with Crippen LogP contribution < -0.4 is 9.47 Å². The number of ether oxygens (including phenoxy) is 2. The van der Waals surface area contributed by atoms with Gasteiger partial charge in [-0.25, -0.2) is 0 Å². The first-order chi connectivity index (χ1) is 13.2. The monoisotopic (exact) mass is 372 g/mol. The molecule has 4 rings (SSSR count). The third-order valence-corrected chi connectivity index (χ3v) is 7.27. The number of benzene rings is 1. The van der Waals surface area contributed by atoms with Crippen LogP contribution in [-0.2, 0) is 6.54 Å². The predicted octanol–water partition coefficient (Wildman–Crippen LogP) is 4.24. The number of nitrogens with zero attached hydrogens (tertiary/aromatic N) is 2. The Hall–Kier alpha value is -1.26. The third kappa shape index (κ3) is 3.71. The van der Waals surface area contributed by atoms with E-state index in [1.165, 1.54) is 70.1 Å². The Bertz CT molecular complexity index is 642. The Labute approximate surface area is 164 Å². The SMILES string of the molecule is COc1ccc(CN2CCN3CCC[C@@H]3[C@H]2C2CCCCC2)c(OC)c1C. The molecule has 0 aromatic heterocycles. The van der Waals surface area contributed by atoms with Crippen molar-refractivity contribution >= 4 is 0 Å². The van der Waals surface area contributed by atoms with Gasteiger partial charge in [0.2, 0.25) is 0 Å². The molecule has 1 aromatic rings. The van der Waals surface area contributed by atoms with Gasteiger partial charge in [0.05, 0.1) is 14.2 Å². The number of rotatable bonds is 5. The van der Waals surface area contributed by atoms with Crippen LogP contribution in [0.1, 0.15) is 56.1 Å². The molecule has 0 bridgehead atoms. The lowest BCUT2D eigenvalue weighted by molar-refractivity contribution is -0.00414. The van der Waals surface area contributed by atoms with E-state index in [1.807, 2.05) is 0 Å². The lowest BCUT2D eigenvalue weighted by atomic mass is 9.78. The summed E-state index contributed by atoms with van der Waals surface area (Å²) in [5.74, 6) is 2.79. The van der Waals surface area contributed by atoms with Crippen LogP contribution in [0.5, 0.6) is 11.5 Å². The van der Waals surface area contributed by atoms with Crippen molar-refractivity contribution in [2.45, 2.75) is 70.5 Å². The molecular weight excluding hydrogens is 336 g/mol. The van der Waals surface area contributed by atoms with E-state index >= 15 is 0 Å². The number of hydrogen-bond donors (Lipinski definition) is 0. The van der Waals surface area contributed by atoms with Crippen LogP contribution in [0.2, 0.25) is 0 Å². The van der Waals surface area contributed by atoms with E-state index in [2.05, 4.69) is 28.9 Å². The Morgan fingerprint density at radius 3 is 2.48 bits per heavy atom. The molecule has 0 spiro atoms. The molecule has 1 saturated carbocycles. The fraction of sp³-hybridized carbons (Fsp3) is 0.739. The van der Waals surface area contributed by atoms with Crippen LogP contribution >= 0.6 is 0 Å². The van der Waals surface area contributed by atoms with Gasteiger partial charge in [0.25, 0.3) is 0 Å². The molecule has 150 valence electrons. The standard InChI is InChI=1S/C23H36N2O2/c1-17-21(26-2)12-11-19(23(17)27-3)16-25-15-14-24-13-7-10-20(24)22(25)18-8-5-4-6-9-18/h11-12,18,20,22H,4-10,13-16H2,1-3H3/t20-,22-/m1/s1. The zero-order valence-corrected chi connectivity index (χ0v) is 17.4. The highest BCUT2D eigenvalue weighted by Gasteiger charge is 2.43. The van der Waals surface area contributed by atoms with Crippen molar-refractivity contribution in [3.8, 4) is 11.5 Å². The van der Waals surface area contributed by atoms with E-state index in [9.17, 15) is 0 Å². The molecule has 3 fully saturated rings. The highest BCUT2D eigenvalue weighted by atomic mass is 16.5. The Morgan fingerprint density at radius 2 is 1.74 bits per heavy atom. The van der Waals surface area contributed by atoms with Gasteiger partial charge in [-0.15, -0.1) is 0 Å². The first-order valence-corrected chi connectivity index (χ1v) is 10.9. The average Bonchev–Trinajstić information content (AvgIpc) is 3.17. The largest absolute Gasteiger partial charge is 0.496 e. The highest BCUT2D eigenvalue weighted by Crippen LogP contribution is 2.39. The van der Waals surface area contributed by atoms with Gasteiger partial charge in [-0.05, 0) is 51.1 Å². The summed E-state index contributed by atoms with van der Waals surface area (Å²) in [4.78, 5) is 5.58. The molecule has 0 unspecified atom stereocenters. The number of piperazine rings is 1. The fourth-order valence-corrected chi connectivity index (χ4v) is 6.02. The van der Waals surface area contributed by atoms with E-state index < -0.39 is 0 Å². The molecule has 2 saturated heterocycles. The molecule has 2 aliphatic heterocycles. The Balaban J connectivity index is 1.60. The smallest absolute Gasteiger partial charge is 0.129 e. The molecule has 27 heavy (non-hydrogen) atoms. The maximum Gasteiger partial charge on any atom is 0.129 e. The van der Waals surface area contributed by atoms with Gasteiger partial charge in [0, 0.05) is 42.8 Å². The maximum atomic E-state index is 5.81.